The molecule has 0 bridgehead atoms. The van der Waals surface area contributed by atoms with Crippen molar-refractivity contribution in [2.24, 2.45) is 0 Å². The van der Waals surface area contributed by atoms with Gasteiger partial charge in [0.25, 0.3) is 5.91 Å². The third kappa shape index (κ3) is 4.19. The van der Waals surface area contributed by atoms with Gasteiger partial charge >= 0.3 is 0 Å². The molecule has 8 heteroatoms. The predicted molar refractivity (Wildman–Crippen MR) is 116 cm³/mol. The molecule has 0 radical (unpaired) electrons. The van der Waals surface area contributed by atoms with Crippen molar-refractivity contribution in [1.29, 1.82) is 0 Å². The van der Waals surface area contributed by atoms with Crippen LogP contribution in [0.3, 0.4) is 0 Å². The summed E-state index contributed by atoms with van der Waals surface area (Å²) in [7, 11) is 0. The standard InChI is InChI=1S/C21H27N5O2S/c1-14(2)26-13-17(16-5-4-6-22-19(16)26)21-24-15(3)18(29-21)20(27)23-7-8-25-9-11-28-12-10-25/h4-6,13-14H,7-12H2,1-3H3,(H,23,27). The number of aromatic nitrogens is 3. The van der Waals surface area contributed by atoms with Crippen LogP contribution >= 0.6 is 11.3 Å². The second kappa shape index (κ2) is 8.61. The van der Waals surface area contributed by atoms with Crippen LogP contribution in [0.25, 0.3) is 21.6 Å². The molecule has 1 saturated heterocycles. The Morgan fingerprint density at radius 1 is 1.34 bits per heavy atom. The first-order valence-electron chi connectivity index (χ1n) is 10.1. The Labute approximate surface area is 174 Å². The van der Waals surface area contributed by atoms with E-state index in [4.69, 9.17) is 9.72 Å². The smallest absolute Gasteiger partial charge is 0.263 e. The molecular weight excluding hydrogens is 386 g/mol. The molecule has 0 aliphatic carbocycles. The molecule has 154 valence electrons. The second-order valence-corrected chi connectivity index (χ2v) is 8.56. The van der Waals surface area contributed by atoms with Crippen molar-refractivity contribution in [2.75, 3.05) is 39.4 Å². The average molecular weight is 414 g/mol. The lowest BCUT2D eigenvalue weighted by Gasteiger charge is -2.26. The van der Waals surface area contributed by atoms with Crippen LogP contribution in [-0.4, -0.2) is 64.7 Å². The number of pyridine rings is 1. The maximum Gasteiger partial charge on any atom is 0.263 e. The van der Waals surface area contributed by atoms with Gasteiger partial charge in [-0.1, -0.05) is 0 Å². The highest BCUT2D eigenvalue weighted by atomic mass is 32.1. The number of aryl methyl sites for hydroxylation is 1. The van der Waals surface area contributed by atoms with Crippen molar-refractivity contribution in [3.05, 3.63) is 35.1 Å². The second-order valence-electron chi connectivity index (χ2n) is 7.56. The zero-order valence-corrected chi connectivity index (χ0v) is 18.0. The minimum atomic E-state index is -0.0507. The van der Waals surface area contributed by atoms with Crippen LogP contribution in [0.15, 0.2) is 24.5 Å². The summed E-state index contributed by atoms with van der Waals surface area (Å²) < 4.78 is 7.52. The van der Waals surface area contributed by atoms with Gasteiger partial charge in [-0.25, -0.2) is 9.97 Å². The van der Waals surface area contributed by atoms with E-state index < -0.39 is 0 Å². The van der Waals surface area contributed by atoms with Crippen LogP contribution in [0, 0.1) is 6.92 Å². The third-order valence-electron chi connectivity index (χ3n) is 5.20. The molecule has 1 fully saturated rings. The lowest BCUT2D eigenvalue weighted by molar-refractivity contribution is 0.0383. The first-order chi connectivity index (χ1) is 14.0. The fourth-order valence-electron chi connectivity index (χ4n) is 3.60. The minimum absolute atomic E-state index is 0.0507. The highest BCUT2D eigenvalue weighted by molar-refractivity contribution is 7.17. The van der Waals surface area contributed by atoms with Gasteiger partial charge in [-0.05, 0) is 32.9 Å². The fourth-order valence-corrected chi connectivity index (χ4v) is 4.61. The van der Waals surface area contributed by atoms with E-state index >= 15 is 0 Å². The summed E-state index contributed by atoms with van der Waals surface area (Å²) in [6.07, 6.45) is 3.91. The number of nitrogens with one attached hydrogen (secondary N) is 1. The molecule has 0 atom stereocenters. The molecule has 0 unspecified atom stereocenters. The summed E-state index contributed by atoms with van der Waals surface area (Å²) in [4.78, 5) is 25.0. The van der Waals surface area contributed by atoms with Gasteiger partial charge in [0.15, 0.2) is 0 Å². The summed E-state index contributed by atoms with van der Waals surface area (Å²) >= 11 is 1.45. The summed E-state index contributed by atoms with van der Waals surface area (Å²) in [5, 5.41) is 4.97. The minimum Gasteiger partial charge on any atom is -0.379 e. The van der Waals surface area contributed by atoms with Crippen molar-refractivity contribution in [3.63, 3.8) is 0 Å². The molecule has 4 rings (SSSR count). The molecule has 1 N–H and O–H groups in total. The van der Waals surface area contributed by atoms with E-state index in [1.807, 2.05) is 19.2 Å². The van der Waals surface area contributed by atoms with Crippen LogP contribution in [-0.2, 0) is 4.74 Å². The number of hydrogen-bond acceptors (Lipinski definition) is 6. The van der Waals surface area contributed by atoms with Gasteiger partial charge in [-0.15, -0.1) is 11.3 Å². The molecule has 0 aromatic carbocycles. The van der Waals surface area contributed by atoms with Crippen molar-refractivity contribution in [1.82, 2.24) is 24.8 Å². The third-order valence-corrected chi connectivity index (χ3v) is 6.39. The maximum absolute atomic E-state index is 12.7. The molecule has 4 heterocycles. The Bertz CT molecular complexity index is 1000. The average Bonchev–Trinajstić information content (AvgIpc) is 3.29. The fraction of sp³-hybridized carbons (Fsp3) is 0.476. The zero-order chi connectivity index (χ0) is 20.4. The van der Waals surface area contributed by atoms with Gasteiger partial charge in [-0.3, -0.25) is 9.69 Å². The number of thiazole rings is 1. The largest absolute Gasteiger partial charge is 0.379 e. The number of amides is 1. The van der Waals surface area contributed by atoms with Crippen molar-refractivity contribution in [2.45, 2.75) is 26.8 Å². The number of rotatable bonds is 6. The normalized spacial score (nSPS) is 15.3. The van der Waals surface area contributed by atoms with Gasteiger partial charge < -0.3 is 14.6 Å². The van der Waals surface area contributed by atoms with Gasteiger partial charge in [0.1, 0.15) is 15.5 Å². The molecule has 29 heavy (non-hydrogen) atoms. The Balaban J connectivity index is 1.52. The number of morpholine rings is 1. The van der Waals surface area contributed by atoms with Gasteiger partial charge in [-0.2, -0.15) is 0 Å². The first kappa shape index (κ1) is 20.0. The number of nitrogens with zero attached hydrogens (tertiary/aromatic N) is 4. The van der Waals surface area contributed by atoms with Gasteiger partial charge in [0.2, 0.25) is 0 Å². The summed E-state index contributed by atoms with van der Waals surface area (Å²) in [6, 6.07) is 4.30. The van der Waals surface area contributed by atoms with Crippen LogP contribution in [0.2, 0.25) is 0 Å². The lowest BCUT2D eigenvalue weighted by Crippen LogP contribution is -2.41. The van der Waals surface area contributed by atoms with E-state index in [0.29, 0.717) is 17.5 Å². The van der Waals surface area contributed by atoms with E-state index in [2.05, 4.69) is 45.9 Å². The van der Waals surface area contributed by atoms with Crippen molar-refractivity contribution in [3.8, 4) is 10.6 Å². The number of fused-ring (bicyclic) bond motifs is 1. The topological polar surface area (TPSA) is 72.3 Å². The number of carbonyl (C=O) groups excluding carboxylic acids is 1. The van der Waals surface area contributed by atoms with Crippen LogP contribution < -0.4 is 5.32 Å². The predicted octanol–water partition coefficient (Wildman–Crippen LogP) is 3.11. The monoisotopic (exact) mass is 413 g/mol. The van der Waals surface area contributed by atoms with E-state index in [1.165, 1.54) is 11.3 Å². The molecule has 1 aliphatic rings. The molecule has 0 saturated carbocycles. The Kier molecular flexibility index (Phi) is 5.94. The quantitative estimate of drug-likeness (QED) is 0.672. The lowest BCUT2D eigenvalue weighted by atomic mass is 10.2. The van der Waals surface area contributed by atoms with Crippen molar-refractivity contribution < 1.29 is 9.53 Å². The van der Waals surface area contributed by atoms with Crippen LogP contribution in [0.1, 0.15) is 35.3 Å². The van der Waals surface area contributed by atoms with E-state index in [-0.39, 0.29) is 5.91 Å². The van der Waals surface area contributed by atoms with Crippen molar-refractivity contribution >= 4 is 28.3 Å². The number of hydrogen-bond donors (Lipinski definition) is 1. The molecule has 3 aromatic heterocycles. The summed E-state index contributed by atoms with van der Waals surface area (Å²) in [5.74, 6) is -0.0507. The Hall–Kier alpha value is -2.29. The molecule has 7 nitrogen and oxygen atoms in total. The van der Waals surface area contributed by atoms with E-state index in [1.54, 1.807) is 0 Å². The molecule has 0 spiro atoms. The molecule has 1 aliphatic heterocycles. The number of ether oxygens (including phenoxy) is 1. The highest BCUT2D eigenvalue weighted by Crippen LogP contribution is 2.35. The van der Waals surface area contributed by atoms with Crippen LogP contribution in [0.4, 0.5) is 0 Å². The SMILES string of the molecule is Cc1nc(-c2cn(C(C)C)c3ncccc23)sc1C(=O)NCCN1CCOCC1. The Morgan fingerprint density at radius 3 is 2.90 bits per heavy atom. The summed E-state index contributed by atoms with van der Waals surface area (Å²) in [6.45, 7) is 11.0. The van der Waals surface area contributed by atoms with E-state index in [0.717, 1.165) is 60.1 Å². The number of carbonyl (C=O) groups is 1. The summed E-state index contributed by atoms with van der Waals surface area (Å²) in [5.41, 5.74) is 2.74. The molecule has 3 aromatic rings. The van der Waals surface area contributed by atoms with Gasteiger partial charge in [0.05, 0.1) is 18.9 Å². The van der Waals surface area contributed by atoms with Gasteiger partial charge in [0, 0.05) is 55.6 Å². The first-order valence-corrected chi connectivity index (χ1v) is 10.9. The molecular formula is C21H27N5O2S. The maximum atomic E-state index is 12.7. The Morgan fingerprint density at radius 2 is 2.14 bits per heavy atom. The van der Waals surface area contributed by atoms with Crippen LogP contribution in [0.5, 0.6) is 0 Å². The molecule has 1 amide bonds. The highest BCUT2D eigenvalue weighted by Gasteiger charge is 2.20. The van der Waals surface area contributed by atoms with E-state index in [9.17, 15) is 4.79 Å². The zero-order valence-electron chi connectivity index (χ0n) is 17.1.